The first kappa shape index (κ1) is 20.7. The van der Waals surface area contributed by atoms with Gasteiger partial charge in [-0.1, -0.05) is 37.3 Å². The number of likely N-dealkylation sites (N-methyl/N-ethyl adjacent to an activating group) is 1. The van der Waals surface area contributed by atoms with E-state index in [0.717, 1.165) is 67.3 Å². The van der Waals surface area contributed by atoms with Crippen LogP contribution in [0.3, 0.4) is 0 Å². The highest BCUT2D eigenvalue weighted by atomic mass is 16.5. The number of rotatable bonds is 4. The predicted molar refractivity (Wildman–Crippen MR) is 127 cm³/mol. The topological polar surface area (TPSA) is 65.9 Å². The molecule has 0 spiro atoms. The van der Waals surface area contributed by atoms with Gasteiger partial charge >= 0.3 is 5.97 Å². The fourth-order valence-corrected chi connectivity index (χ4v) is 4.65. The molecule has 0 radical (unpaired) electrons. The van der Waals surface area contributed by atoms with E-state index < -0.39 is 5.97 Å². The zero-order chi connectivity index (χ0) is 22.1. The van der Waals surface area contributed by atoms with Crippen LogP contribution in [0, 0.1) is 0 Å². The van der Waals surface area contributed by atoms with Gasteiger partial charge in [0.1, 0.15) is 0 Å². The van der Waals surface area contributed by atoms with Crippen molar-refractivity contribution in [2.45, 2.75) is 13.5 Å². The van der Waals surface area contributed by atoms with E-state index in [9.17, 15) is 9.90 Å². The Balaban J connectivity index is 1.58. The van der Waals surface area contributed by atoms with Gasteiger partial charge in [-0.05, 0) is 42.0 Å². The number of carbonyl (C=O) groups is 1. The third kappa shape index (κ3) is 3.87. The van der Waals surface area contributed by atoms with E-state index in [1.165, 1.54) is 5.69 Å². The molecular weight excluding hydrogens is 402 g/mol. The highest BCUT2D eigenvalue weighted by molar-refractivity contribution is 6.06. The molecule has 0 unspecified atom stereocenters. The van der Waals surface area contributed by atoms with Crippen molar-refractivity contribution < 1.29 is 14.6 Å². The normalized spacial score (nSPS) is 18.2. The second-order valence-electron chi connectivity index (χ2n) is 8.30. The van der Waals surface area contributed by atoms with E-state index in [-0.39, 0.29) is 0 Å². The summed E-state index contributed by atoms with van der Waals surface area (Å²) in [6.07, 6.45) is 2.15. The van der Waals surface area contributed by atoms with Crippen molar-refractivity contribution in [3.63, 3.8) is 0 Å². The zero-order valence-electron chi connectivity index (χ0n) is 18.3. The highest BCUT2D eigenvalue weighted by Gasteiger charge is 2.27. The number of morpholine rings is 1. The molecule has 3 aromatic rings. The number of pyridine rings is 1. The molecule has 164 valence electrons. The third-order valence-corrected chi connectivity index (χ3v) is 6.34. The quantitative estimate of drug-likeness (QED) is 0.672. The Morgan fingerprint density at radius 1 is 1.09 bits per heavy atom. The van der Waals surface area contributed by atoms with Crippen LogP contribution in [-0.4, -0.2) is 60.4 Å². The van der Waals surface area contributed by atoms with E-state index in [2.05, 4.69) is 47.1 Å². The van der Waals surface area contributed by atoms with Crippen molar-refractivity contribution >= 4 is 34.2 Å². The first-order valence-electron chi connectivity index (χ1n) is 11.1. The van der Waals surface area contributed by atoms with Crippen molar-refractivity contribution in [3.8, 4) is 0 Å². The molecule has 5 rings (SSSR count). The fourth-order valence-electron chi connectivity index (χ4n) is 4.65. The lowest BCUT2D eigenvalue weighted by molar-refractivity contribution is 0.0696. The molecule has 0 bridgehead atoms. The van der Waals surface area contributed by atoms with Crippen LogP contribution < -0.4 is 4.90 Å². The number of fused-ring (bicyclic) bond motifs is 2. The second-order valence-corrected chi connectivity index (χ2v) is 8.30. The maximum absolute atomic E-state index is 12.3. The SMILES string of the molecule is CCN1CC(=Cc2ccc(N3CCOCC3)cc2)c2nc3ccccc3c(C(=O)O)c2C1. The summed E-state index contributed by atoms with van der Waals surface area (Å²) in [5.74, 6) is -0.896. The monoisotopic (exact) mass is 429 g/mol. The molecule has 3 heterocycles. The maximum Gasteiger partial charge on any atom is 0.336 e. The number of carboxylic acids is 1. The van der Waals surface area contributed by atoms with Crippen LogP contribution in [0.25, 0.3) is 22.6 Å². The number of aromatic carboxylic acids is 1. The molecule has 6 nitrogen and oxygen atoms in total. The molecule has 1 N–H and O–H groups in total. The molecule has 32 heavy (non-hydrogen) atoms. The van der Waals surface area contributed by atoms with E-state index in [1.807, 2.05) is 24.3 Å². The number of anilines is 1. The minimum Gasteiger partial charge on any atom is -0.478 e. The lowest BCUT2D eigenvalue weighted by Crippen LogP contribution is -2.36. The number of carboxylic acid groups (broad SMARTS) is 1. The molecule has 1 fully saturated rings. The first-order valence-corrected chi connectivity index (χ1v) is 11.1. The largest absolute Gasteiger partial charge is 0.478 e. The minimum absolute atomic E-state index is 0.373. The summed E-state index contributed by atoms with van der Waals surface area (Å²) in [6.45, 7) is 7.65. The van der Waals surface area contributed by atoms with Gasteiger partial charge in [0.25, 0.3) is 0 Å². The van der Waals surface area contributed by atoms with Gasteiger partial charge in [0.2, 0.25) is 0 Å². The Labute approximate surface area is 187 Å². The summed E-state index contributed by atoms with van der Waals surface area (Å²) >= 11 is 0. The molecule has 1 saturated heterocycles. The van der Waals surface area contributed by atoms with Crippen molar-refractivity contribution in [1.29, 1.82) is 0 Å². The Kier molecular flexibility index (Phi) is 5.64. The molecule has 0 atom stereocenters. The number of hydrogen-bond acceptors (Lipinski definition) is 5. The molecule has 1 aromatic heterocycles. The average molecular weight is 430 g/mol. The van der Waals surface area contributed by atoms with Crippen LogP contribution in [-0.2, 0) is 11.3 Å². The molecular formula is C26H27N3O3. The van der Waals surface area contributed by atoms with Gasteiger partial charge in [0, 0.05) is 42.8 Å². The summed E-state index contributed by atoms with van der Waals surface area (Å²) < 4.78 is 5.45. The van der Waals surface area contributed by atoms with Crippen LogP contribution >= 0.6 is 0 Å². The third-order valence-electron chi connectivity index (χ3n) is 6.34. The lowest BCUT2D eigenvalue weighted by Gasteiger charge is -2.31. The van der Waals surface area contributed by atoms with E-state index >= 15 is 0 Å². The Morgan fingerprint density at radius 3 is 2.56 bits per heavy atom. The molecule has 0 aliphatic carbocycles. The fraction of sp³-hybridized carbons (Fsp3) is 0.308. The molecule has 0 saturated carbocycles. The summed E-state index contributed by atoms with van der Waals surface area (Å²) in [7, 11) is 0. The number of para-hydroxylation sites is 1. The van der Waals surface area contributed by atoms with Gasteiger partial charge < -0.3 is 14.7 Å². The lowest BCUT2D eigenvalue weighted by atomic mass is 9.92. The predicted octanol–water partition coefficient (Wildman–Crippen LogP) is 4.15. The van der Waals surface area contributed by atoms with E-state index in [1.54, 1.807) is 0 Å². The standard InChI is InChI=1S/C26H27N3O3/c1-2-28-16-19(15-18-7-9-20(10-8-18)29-11-13-32-14-12-29)25-22(17-28)24(26(30)31)21-5-3-4-6-23(21)27-25/h3-10,15H,2,11-14,16-17H2,1H3,(H,30,31). The van der Waals surface area contributed by atoms with Gasteiger partial charge in [-0.2, -0.15) is 0 Å². The summed E-state index contributed by atoms with van der Waals surface area (Å²) in [4.78, 5) is 21.8. The maximum atomic E-state index is 12.3. The molecule has 2 aliphatic heterocycles. The number of nitrogens with zero attached hydrogens (tertiary/aromatic N) is 3. The van der Waals surface area contributed by atoms with Gasteiger partial charge in [0.05, 0.1) is 30.0 Å². The van der Waals surface area contributed by atoms with Crippen LogP contribution in [0.5, 0.6) is 0 Å². The van der Waals surface area contributed by atoms with Crippen LogP contribution in [0.15, 0.2) is 48.5 Å². The minimum atomic E-state index is -0.896. The smallest absolute Gasteiger partial charge is 0.336 e. The van der Waals surface area contributed by atoms with Crippen molar-refractivity contribution in [2.75, 3.05) is 44.3 Å². The van der Waals surface area contributed by atoms with Crippen LogP contribution in [0.4, 0.5) is 5.69 Å². The number of hydrogen-bond donors (Lipinski definition) is 1. The van der Waals surface area contributed by atoms with E-state index in [4.69, 9.17) is 9.72 Å². The van der Waals surface area contributed by atoms with Crippen molar-refractivity contribution in [1.82, 2.24) is 9.88 Å². The number of ether oxygens (including phenoxy) is 1. The molecule has 2 aromatic carbocycles. The highest BCUT2D eigenvalue weighted by Crippen LogP contribution is 2.34. The van der Waals surface area contributed by atoms with Crippen molar-refractivity contribution in [2.24, 2.45) is 0 Å². The second kappa shape index (κ2) is 8.73. The summed E-state index contributed by atoms with van der Waals surface area (Å²) in [6, 6.07) is 16.1. The van der Waals surface area contributed by atoms with Gasteiger partial charge in [-0.3, -0.25) is 4.90 Å². The first-order chi connectivity index (χ1) is 15.6. The van der Waals surface area contributed by atoms with Crippen LogP contribution in [0.2, 0.25) is 0 Å². The van der Waals surface area contributed by atoms with Gasteiger partial charge in [0.15, 0.2) is 0 Å². The Morgan fingerprint density at radius 2 is 1.84 bits per heavy atom. The van der Waals surface area contributed by atoms with Gasteiger partial charge in [-0.25, -0.2) is 9.78 Å². The van der Waals surface area contributed by atoms with Gasteiger partial charge in [-0.15, -0.1) is 0 Å². The zero-order valence-corrected chi connectivity index (χ0v) is 18.3. The number of benzene rings is 2. The Hall–Kier alpha value is -3.22. The molecule has 0 amide bonds. The van der Waals surface area contributed by atoms with Crippen LogP contribution in [0.1, 0.15) is 34.1 Å². The van der Waals surface area contributed by atoms with E-state index in [0.29, 0.717) is 17.5 Å². The summed E-state index contributed by atoms with van der Waals surface area (Å²) in [5.41, 5.74) is 6.06. The number of aromatic nitrogens is 1. The average Bonchev–Trinajstić information content (AvgIpc) is 2.83. The molecule has 2 aliphatic rings. The Bertz CT molecular complexity index is 1180. The molecule has 6 heteroatoms. The van der Waals surface area contributed by atoms with Crippen molar-refractivity contribution in [3.05, 3.63) is 70.9 Å². The summed E-state index contributed by atoms with van der Waals surface area (Å²) in [5, 5.41) is 10.7.